The van der Waals surface area contributed by atoms with Gasteiger partial charge in [-0.15, -0.1) is 0 Å². The van der Waals surface area contributed by atoms with Crippen LogP contribution in [0.5, 0.6) is 11.5 Å². The van der Waals surface area contributed by atoms with E-state index in [0.717, 1.165) is 0 Å². The van der Waals surface area contributed by atoms with E-state index in [0.29, 0.717) is 17.1 Å². The highest BCUT2D eigenvalue weighted by Crippen LogP contribution is 2.35. The van der Waals surface area contributed by atoms with E-state index in [1.807, 2.05) is 0 Å². The maximum atomic E-state index is 11.1. The summed E-state index contributed by atoms with van der Waals surface area (Å²) in [7, 11) is 0. The lowest BCUT2D eigenvalue weighted by atomic mass is 9.94. The number of fused-ring (bicyclic) bond motifs is 1. The van der Waals surface area contributed by atoms with Gasteiger partial charge in [-0.3, -0.25) is 9.59 Å². The molecule has 1 atom stereocenters. The minimum absolute atomic E-state index is 0.0459. The van der Waals surface area contributed by atoms with Crippen molar-refractivity contribution in [3.8, 4) is 11.5 Å². The first-order chi connectivity index (χ1) is 8.58. The number of rotatable bonds is 5. The van der Waals surface area contributed by atoms with Crippen molar-refractivity contribution < 1.29 is 29.3 Å². The van der Waals surface area contributed by atoms with Crippen molar-refractivity contribution in [1.82, 2.24) is 0 Å². The zero-order valence-electron chi connectivity index (χ0n) is 9.46. The van der Waals surface area contributed by atoms with Crippen LogP contribution in [0.4, 0.5) is 0 Å². The Bertz CT molecular complexity index is 481. The molecule has 0 spiro atoms. The van der Waals surface area contributed by atoms with Crippen molar-refractivity contribution >= 4 is 11.9 Å². The fourth-order valence-electron chi connectivity index (χ4n) is 1.83. The predicted molar refractivity (Wildman–Crippen MR) is 59.8 cm³/mol. The molecule has 6 heteroatoms. The summed E-state index contributed by atoms with van der Waals surface area (Å²) >= 11 is 0. The first kappa shape index (κ1) is 12.2. The monoisotopic (exact) mass is 252 g/mol. The molecule has 1 heterocycles. The third-order valence-electron chi connectivity index (χ3n) is 2.74. The average molecular weight is 252 g/mol. The Morgan fingerprint density at radius 2 is 1.94 bits per heavy atom. The van der Waals surface area contributed by atoms with E-state index >= 15 is 0 Å². The van der Waals surface area contributed by atoms with Crippen LogP contribution < -0.4 is 9.47 Å². The summed E-state index contributed by atoms with van der Waals surface area (Å²) in [6.07, 6.45) is -0.143. The molecule has 0 aliphatic carbocycles. The van der Waals surface area contributed by atoms with Gasteiger partial charge in [-0.1, -0.05) is 6.07 Å². The summed E-state index contributed by atoms with van der Waals surface area (Å²) < 4.78 is 10.3. The van der Waals surface area contributed by atoms with Crippen LogP contribution in [0.2, 0.25) is 0 Å². The first-order valence-electron chi connectivity index (χ1n) is 5.42. The largest absolute Gasteiger partial charge is 0.481 e. The van der Waals surface area contributed by atoms with Gasteiger partial charge in [-0.05, 0) is 24.1 Å². The van der Waals surface area contributed by atoms with E-state index in [2.05, 4.69) is 0 Å². The van der Waals surface area contributed by atoms with Crippen LogP contribution in [0.1, 0.15) is 24.3 Å². The molecule has 18 heavy (non-hydrogen) atoms. The second-order valence-electron chi connectivity index (χ2n) is 3.94. The van der Waals surface area contributed by atoms with Gasteiger partial charge in [0.1, 0.15) is 0 Å². The number of carboxylic acid groups (broad SMARTS) is 2. The van der Waals surface area contributed by atoms with Crippen LogP contribution >= 0.6 is 0 Å². The molecule has 2 rings (SSSR count). The van der Waals surface area contributed by atoms with Crippen LogP contribution in [0.3, 0.4) is 0 Å². The van der Waals surface area contributed by atoms with E-state index in [-0.39, 0.29) is 19.6 Å². The molecule has 2 N–H and O–H groups in total. The van der Waals surface area contributed by atoms with Crippen LogP contribution in [-0.4, -0.2) is 28.9 Å². The quantitative estimate of drug-likeness (QED) is 0.823. The Hall–Kier alpha value is -2.24. The van der Waals surface area contributed by atoms with Crippen LogP contribution in [0.25, 0.3) is 0 Å². The summed E-state index contributed by atoms with van der Waals surface area (Å²) in [5.41, 5.74) is 0.521. The second-order valence-corrected chi connectivity index (χ2v) is 3.94. The highest BCUT2D eigenvalue weighted by atomic mass is 16.7. The Labute approximate surface area is 103 Å². The van der Waals surface area contributed by atoms with Crippen molar-refractivity contribution in [2.45, 2.75) is 18.8 Å². The molecule has 0 bridgehead atoms. The molecule has 0 saturated heterocycles. The molecule has 0 saturated carbocycles. The molecule has 1 aliphatic heterocycles. The number of aliphatic carboxylic acids is 2. The minimum Gasteiger partial charge on any atom is -0.481 e. The fraction of sp³-hybridized carbons (Fsp3) is 0.333. The highest BCUT2D eigenvalue weighted by molar-refractivity contribution is 5.77. The van der Waals surface area contributed by atoms with Crippen LogP contribution in [0.15, 0.2) is 18.2 Å². The molecular formula is C12H12O6. The van der Waals surface area contributed by atoms with Gasteiger partial charge in [0.2, 0.25) is 6.79 Å². The SMILES string of the molecule is O=C(O)CCC(C(=O)O)c1ccc2c(c1)OCO2. The third-order valence-corrected chi connectivity index (χ3v) is 2.74. The molecule has 1 aromatic rings. The number of carboxylic acids is 2. The molecule has 96 valence electrons. The lowest BCUT2D eigenvalue weighted by Gasteiger charge is -2.11. The van der Waals surface area contributed by atoms with Gasteiger partial charge in [-0.2, -0.15) is 0 Å². The van der Waals surface area contributed by atoms with Gasteiger partial charge in [0, 0.05) is 6.42 Å². The van der Waals surface area contributed by atoms with Gasteiger partial charge >= 0.3 is 11.9 Å². The normalized spacial score (nSPS) is 14.2. The number of hydrogen-bond acceptors (Lipinski definition) is 4. The van der Waals surface area contributed by atoms with Crippen molar-refractivity contribution in [2.24, 2.45) is 0 Å². The lowest BCUT2D eigenvalue weighted by molar-refractivity contribution is -0.140. The smallest absolute Gasteiger partial charge is 0.310 e. The number of benzene rings is 1. The van der Waals surface area contributed by atoms with E-state index in [9.17, 15) is 9.59 Å². The molecule has 0 amide bonds. The van der Waals surface area contributed by atoms with Gasteiger partial charge in [0.15, 0.2) is 11.5 Å². The summed E-state index contributed by atoms with van der Waals surface area (Å²) in [5.74, 6) is -1.84. The van der Waals surface area contributed by atoms with E-state index in [1.165, 1.54) is 0 Å². The van der Waals surface area contributed by atoms with Crippen molar-refractivity contribution in [3.63, 3.8) is 0 Å². The van der Waals surface area contributed by atoms with Gasteiger partial charge in [-0.25, -0.2) is 0 Å². The van der Waals surface area contributed by atoms with Gasteiger partial charge in [0.05, 0.1) is 5.92 Å². The molecule has 6 nitrogen and oxygen atoms in total. The molecule has 1 aromatic carbocycles. The number of carbonyl (C=O) groups is 2. The molecule has 0 aromatic heterocycles. The Morgan fingerprint density at radius 1 is 1.22 bits per heavy atom. The summed E-state index contributed by atoms with van der Waals surface area (Å²) in [6.45, 7) is 0.117. The highest BCUT2D eigenvalue weighted by Gasteiger charge is 2.23. The summed E-state index contributed by atoms with van der Waals surface area (Å²) in [5, 5.41) is 17.7. The molecule has 0 fully saturated rings. The standard InChI is InChI=1S/C12H12O6/c13-11(14)4-2-8(12(15)16)7-1-3-9-10(5-7)18-6-17-9/h1,3,5,8H,2,4,6H2,(H,13,14)(H,15,16). The van der Waals surface area contributed by atoms with E-state index in [4.69, 9.17) is 19.7 Å². The fourth-order valence-corrected chi connectivity index (χ4v) is 1.83. The first-order valence-corrected chi connectivity index (χ1v) is 5.42. The third kappa shape index (κ3) is 2.53. The van der Waals surface area contributed by atoms with Crippen molar-refractivity contribution in [3.05, 3.63) is 23.8 Å². The Balaban J connectivity index is 2.20. The van der Waals surface area contributed by atoms with Gasteiger partial charge < -0.3 is 19.7 Å². The number of ether oxygens (including phenoxy) is 2. The molecule has 1 unspecified atom stereocenters. The van der Waals surface area contributed by atoms with E-state index in [1.54, 1.807) is 18.2 Å². The van der Waals surface area contributed by atoms with E-state index < -0.39 is 17.9 Å². The Morgan fingerprint density at radius 3 is 2.61 bits per heavy atom. The molecular weight excluding hydrogens is 240 g/mol. The van der Waals surface area contributed by atoms with Crippen molar-refractivity contribution in [2.75, 3.05) is 6.79 Å². The zero-order valence-corrected chi connectivity index (χ0v) is 9.46. The molecule has 0 radical (unpaired) electrons. The van der Waals surface area contributed by atoms with Crippen LogP contribution in [-0.2, 0) is 9.59 Å². The summed E-state index contributed by atoms with van der Waals surface area (Å²) in [4.78, 5) is 21.7. The maximum absolute atomic E-state index is 11.1. The minimum atomic E-state index is -1.05. The topological polar surface area (TPSA) is 93.1 Å². The summed E-state index contributed by atoms with van der Waals surface area (Å²) in [6, 6.07) is 4.84. The second kappa shape index (κ2) is 4.95. The number of hydrogen-bond donors (Lipinski definition) is 2. The lowest BCUT2D eigenvalue weighted by Crippen LogP contribution is -2.13. The predicted octanol–water partition coefficient (Wildman–Crippen LogP) is 1.45. The average Bonchev–Trinajstić information content (AvgIpc) is 2.75. The maximum Gasteiger partial charge on any atom is 0.310 e. The van der Waals surface area contributed by atoms with Crippen molar-refractivity contribution in [1.29, 1.82) is 0 Å². The Kier molecular flexibility index (Phi) is 3.36. The zero-order chi connectivity index (χ0) is 13.1. The van der Waals surface area contributed by atoms with Gasteiger partial charge in [0.25, 0.3) is 0 Å². The molecule has 1 aliphatic rings. The van der Waals surface area contributed by atoms with Crippen LogP contribution in [0, 0.1) is 0 Å².